The fourth-order valence-electron chi connectivity index (χ4n) is 3.87. The Labute approximate surface area is 177 Å². The minimum Gasteiger partial charge on any atom is -0.322 e. The lowest BCUT2D eigenvalue weighted by Crippen LogP contribution is -2.35. The molecule has 0 radical (unpaired) electrons. The van der Waals surface area contributed by atoms with Gasteiger partial charge in [-0.15, -0.1) is 0 Å². The van der Waals surface area contributed by atoms with Crippen molar-refractivity contribution in [2.45, 2.75) is 31.6 Å². The van der Waals surface area contributed by atoms with Crippen LogP contribution in [0.1, 0.15) is 33.5 Å². The molecule has 1 aliphatic rings. The van der Waals surface area contributed by atoms with Gasteiger partial charge in [-0.05, 0) is 67.6 Å². The quantitative estimate of drug-likeness (QED) is 0.665. The first-order valence-electron chi connectivity index (χ1n) is 9.96. The molecule has 1 heterocycles. The van der Waals surface area contributed by atoms with Crippen LogP contribution in [-0.4, -0.2) is 20.9 Å². The van der Waals surface area contributed by atoms with Crippen molar-refractivity contribution in [1.29, 1.82) is 0 Å². The first-order chi connectivity index (χ1) is 14.4. The lowest BCUT2D eigenvalue weighted by molar-refractivity contribution is 0.102. The van der Waals surface area contributed by atoms with Gasteiger partial charge in [0.1, 0.15) is 0 Å². The van der Waals surface area contributed by atoms with Crippen molar-refractivity contribution in [2.75, 3.05) is 16.2 Å². The number of carbonyl (C=O) groups is 1. The Bertz CT molecular complexity index is 1200. The largest absolute Gasteiger partial charge is 0.322 e. The highest BCUT2D eigenvalue weighted by molar-refractivity contribution is 7.92. The van der Waals surface area contributed by atoms with Crippen molar-refractivity contribution in [2.24, 2.45) is 0 Å². The molecule has 6 heteroatoms. The van der Waals surface area contributed by atoms with Gasteiger partial charge in [-0.3, -0.25) is 9.10 Å². The van der Waals surface area contributed by atoms with Crippen molar-refractivity contribution in [3.05, 3.63) is 89.0 Å². The fourth-order valence-corrected chi connectivity index (χ4v) is 5.46. The number of aryl methyl sites for hydroxylation is 3. The number of carbonyl (C=O) groups excluding carboxylic acids is 1. The van der Waals surface area contributed by atoms with E-state index in [1.807, 2.05) is 56.3 Å². The van der Waals surface area contributed by atoms with Crippen LogP contribution in [0.4, 0.5) is 11.4 Å². The second kappa shape index (κ2) is 7.95. The van der Waals surface area contributed by atoms with E-state index < -0.39 is 10.0 Å². The molecule has 4 rings (SSSR count). The van der Waals surface area contributed by atoms with Gasteiger partial charge in [0.25, 0.3) is 15.9 Å². The van der Waals surface area contributed by atoms with E-state index in [4.69, 9.17) is 0 Å². The molecule has 30 heavy (non-hydrogen) atoms. The summed E-state index contributed by atoms with van der Waals surface area (Å²) in [6.45, 7) is 4.28. The van der Waals surface area contributed by atoms with E-state index in [-0.39, 0.29) is 10.8 Å². The molecule has 0 spiro atoms. The topological polar surface area (TPSA) is 66.5 Å². The zero-order chi connectivity index (χ0) is 21.3. The summed E-state index contributed by atoms with van der Waals surface area (Å²) in [7, 11) is -3.77. The fraction of sp³-hybridized carbons (Fsp3) is 0.208. The molecule has 3 aromatic rings. The predicted octanol–water partition coefficient (Wildman–Crippen LogP) is 4.70. The summed E-state index contributed by atoms with van der Waals surface area (Å²) in [6.07, 6.45) is 1.63. The molecule has 0 aliphatic carbocycles. The average Bonchev–Trinajstić information content (AvgIpc) is 2.76. The van der Waals surface area contributed by atoms with Gasteiger partial charge in [-0.25, -0.2) is 8.42 Å². The number of benzene rings is 3. The standard InChI is InChI=1S/C24H24N2O3S/c1-17-8-5-9-18(2)23(17)25-24(27)20-11-6-13-21(16-20)30(28,29)26-15-7-12-19-10-3-4-14-22(19)26/h3-6,8-11,13-14,16H,7,12,15H2,1-2H3,(H,25,27). The third-order valence-corrected chi connectivity index (χ3v) is 7.28. The number of hydrogen-bond acceptors (Lipinski definition) is 3. The average molecular weight is 421 g/mol. The molecule has 1 N–H and O–H groups in total. The van der Waals surface area contributed by atoms with Crippen LogP contribution in [0.5, 0.6) is 0 Å². The number of amides is 1. The summed E-state index contributed by atoms with van der Waals surface area (Å²) >= 11 is 0. The molecule has 1 amide bonds. The van der Waals surface area contributed by atoms with Gasteiger partial charge in [0.05, 0.1) is 10.6 Å². The third kappa shape index (κ3) is 3.71. The van der Waals surface area contributed by atoms with Crippen LogP contribution >= 0.6 is 0 Å². The molecule has 0 unspecified atom stereocenters. The van der Waals surface area contributed by atoms with Crippen molar-refractivity contribution >= 4 is 27.3 Å². The van der Waals surface area contributed by atoms with Gasteiger partial charge in [0.15, 0.2) is 0 Å². The molecular formula is C24H24N2O3S. The van der Waals surface area contributed by atoms with E-state index in [9.17, 15) is 13.2 Å². The monoisotopic (exact) mass is 420 g/mol. The number of fused-ring (bicyclic) bond motifs is 1. The van der Waals surface area contributed by atoms with Gasteiger partial charge in [-0.2, -0.15) is 0 Å². The Morgan fingerprint density at radius 1 is 0.933 bits per heavy atom. The van der Waals surface area contributed by atoms with Gasteiger partial charge in [0, 0.05) is 17.8 Å². The molecule has 0 fully saturated rings. The molecule has 5 nitrogen and oxygen atoms in total. The number of sulfonamides is 1. The Morgan fingerprint density at radius 3 is 2.40 bits per heavy atom. The number of nitrogens with one attached hydrogen (secondary N) is 1. The second-order valence-electron chi connectivity index (χ2n) is 7.56. The van der Waals surface area contributed by atoms with E-state index in [2.05, 4.69) is 5.32 Å². The molecule has 0 atom stereocenters. The van der Waals surface area contributed by atoms with Crippen molar-refractivity contribution < 1.29 is 13.2 Å². The highest BCUT2D eigenvalue weighted by Crippen LogP contribution is 2.32. The Kier molecular flexibility index (Phi) is 5.35. The van der Waals surface area contributed by atoms with Crippen LogP contribution in [0.15, 0.2) is 71.6 Å². The van der Waals surface area contributed by atoms with Crippen LogP contribution in [0.2, 0.25) is 0 Å². The highest BCUT2D eigenvalue weighted by atomic mass is 32.2. The SMILES string of the molecule is Cc1cccc(C)c1NC(=O)c1cccc(S(=O)(=O)N2CCCc3ccccc32)c1. The maximum atomic E-state index is 13.4. The van der Waals surface area contributed by atoms with Crippen LogP contribution < -0.4 is 9.62 Å². The van der Waals surface area contributed by atoms with Crippen molar-refractivity contribution in [1.82, 2.24) is 0 Å². The Morgan fingerprint density at radius 2 is 1.63 bits per heavy atom. The minimum absolute atomic E-state index is 0.119. The molecular weight excluding hydrogens is 396 g/mol. The summed E-state index contributed by atoms with van der Waals surface area (Å²) in [5.41, 5.74) is 4.71. The van der Waals surface area contributed by atoms with Gasteiger partial charge < -0.3 is 5.32 Å². The summed E-state index contributed by atoms with van der Waals surface area (Å²) < 4.78 is 28.2. The van der Waals surface area contributed by atoms with Crippen molar-refractivity contribution in [3.8, 4) is 0 Å². The molecule has 0 saturated carbocycles. The number of hydrogen-bond donors (Lipinski definition) is 1. The maximum absolute atomic E-state index is 13.4. The first kappa shape index (κ1) is 20.2. The van der Waals surface area contributed by atoms with Crippen LogP contribution in [0.25, 0.3) is 0 Å². The van der Waals surface area contributed by atoms with Gasteiger partial charge in [0.2, 0.25) is 0 Å². The third-order valence-electron chi connectivity index (χ3n) is 5.47. The molecule has 154 valence electrons. The number of anilines is 2. The molecule has 0 aromatic heterocycles. The van der Waals surface area contributed by atoms with Crippen LogP contribution in [-0.2, 0) is 16.4 Å². The zero-order valence-electron chi connectivity index (χ0n) is 17.1. The lowest BCUT2D eigenvalue weighted by atomic mass is 10.0. The molecule has 1 aliphatic heterocycles. The smallest absolute Gasteiger partial charge is 0.264 e. The number of rotatable bonds is 4. The number of para-hydroxylation sites is 2. The van der Waals surface area contributed by atoms with E-state index in [1.54, 1.807) is 18.2 Å². The highest BCUT2D eigenvalue weighted by Gasteiger charge is 2.29. The second-order valence-corrected chi connectivity index (χ2v) is 9.42. The van der Waals surface area contributed by atoms with Crippen molar-refractivity contribution in [3.63, 3.8) is 0 Å². The van der Waals surface area contributed by atoms with E-state index in [1.165, 1.54) is 10.4 Å². The summed E-state index contributed by atoms with van der Waals surface area (Å²) in [4.78, 5) is 13.0. The number of nitrogens with zero attached hydrogens (tertiary/aromatic N) is 1. The van der Waals surface area contributed by atoms with Gasteiger partial charge >= 0.3 is 0 Å². The molecule has 0 saturated heterocycles. The van der Waals surface area contributed by atoms with Crippen LogP contribution in [0.3, 0.4) is 0 Å². The first-order valence-corrected chi connectivity index (χ1v) is 11.4. The van der Waals surface area contributed by atoms with E-state index in [0.717, 1.165) is 35.2 Å². The maximum Gasteiger partial charge on any atom is 0.264 e. The summed E-state index contributed by atoms with van der Waals surface area (Å²) in [5, 5.41) is 2.92. The van der Waals surface area contributed by atoms with Gasteiger partial charge in [-0.1, -0.05) is 42.5 Å². The Hall–Kier alpha value is -3.12. The molecule has 3 aromatic carbocycles. The summed E-state index contributed by atoms with van der Waals surface area (Å²) in [5.74, 6) is -0.330. The predicted molar refractivity (Wildman–Crippen MR) is 120 cm³/mol. The van der Waals surface area contributed by atoms with Crippen LogP contribution in [0, 0.1) is 13.8 Å². The molecule has 0 bridgehead atoms. The normalized spacial score (nSPS) is 13.6. The van der Waals surface area contributed by atoms with E-state index in [0.29, 0.717) is 17.8 Å². The zero-order valence-corrected chi connectivity index (χ0v) is 17.9. The summed E-state index contributed by atoms with van der Waals surface area (Å²) in [6, 6.07) is 19.6. The lowest BCUT2D eigenvalue weighted by Gasteiger charge is -2.30. The van der Waals surface area contributed by atoms with E-state index >= 15 is 0 Å². The Balaban J connectivity index is 1.66. The minimum atomic E-state index is -3.77.